The third-order valence-corrected chi connectivity index (χ3v) is 18.1. The Morgan fingerprint density at radius 2 is 0.524 bits per heavy atom. The smallest absolute Gasteiger partial charge is 0.463 e. The van der Waals surface area contributed by atoms with Gasteiger partial charge in [0.2, 0.25) is 0 Å². The highest BCUT2D eigenvalue weighted by atomic mass is 31.2. The van der Waals surface area contributed by atoms with Crippen molar-refractivity contribution >= 4 is 33.6 Å². The summed E-state index contributed by atoms with van der Waals surface area (Å²) in [6, 6.07) is 0. The zero-order chi connectivity index (χ0) is 75.2. The monoisotopic (exact) mass is 1480 g/mol. The van der Waals surface area contributed by atoms with Gasteiger partial charge in [0.15, 0.2) is 6.10 Å². The van der Waals surface area contributed by atoms with Crippen molar-refractivity contribution in [3.05, 3.63) is 158 Å². The molecule has 0 aliphatic carbocycles. The lowest BCUT2D eigenvalue weighted by atomic mass is 10.0. The van der Waals surface area contributed by atoms with Crippen LogP contribution in [0.15, 0.2) is 158 Å². The molecule has 4 N–H and O–H groups in total. The standard InChI is InChI=1S/C85H142O16P2/c1-4-7-10-13-16-19-22-25-28-31-33-34-35-36-37-38-39-40-41-42-43-44-46-49-50-53-56-59-62-65-68-71-83(88)95-74-80(86)75-97-102(91,92)98-76-81(87)77-99-103(93,94)100-79-82(101-85(90)73-70-67-64-61-58-55-52-47-30-27-24-21-18-15-12-9-6-3)78-96-84(89)72-69-66-63-60-57-54-51-48-45-32-29-26-23-20-17-14-11-8-5-2/h7,9-10,12,16-21,25-30,33-34,36-37,45,48,52,55,61,64,80-82,86-87H,4-6,8,11,13-15,22-24,31-32,35,38-44,46-47,49-51,53-54,56-60,62-63,65-79H2,1-3H3,(H,91,92)(H,93,94)/b10-7-,12-9-,19-16-,20-17-,21-18-,28-25-,29-26-,30-27-,34-33-,37-36-,48-45-,55-52-,64-61-. The van der Waals surface area contributed by atoms with Crippen molar-refractivity contribution in [1.29, 1.82) is 0 Å². The maximum absolute atomic E-state index is 12.9. The van der Waals surface area contributed by atoms with E-state index in [-0.39, 0.29) is 19.3 Å². The highest BCUT2D eigenvalue weighted by molar-refractivity contribution is 7.47. The maximum atomic E-state index is 12.9. The van der Waals surface area contributed by atoms with E-state index in [0.717, 1.165) is 141 Å². The lowest BCUT2D eigenvalue weighted by Crippen LogP contribution is -2.30. The summed E-state index contributed by atoms with van der Waals surface area (Å²) >= 11 is 0. The van der Waals surface area contributed by atoms with Crippen LogP contribution in [0.25, 0.3) is 0 Å². The minimum absolute atomic E-state index is 0.0190. The number of ether oxygens (including phenoxy) is 3. The van der Waals surface area contributed by atoms with Crippen molar-refractivity contribution in [2.75, 3.05) is 39.6 Å². The summed E-state index contributed by atoms with van der Waals surface area (Å²) in [7, 11) is -9.82. The molecule has 0 saturated heterocycles. The fourth-order valence-electron chi connectivity index (χ4n) is 10.2. The average Bonchev–Trinajstić information content (AvgIpc) is 0.915. The molecule has 0 saturated carbocycles. The third-order valence-electron chi connectivity index (χ3n) is 16.2. The number of carbonyl (C=O) groups excluding carboxylic acids is 3. The van der Waals surface area contributed by atoms with Gasteiger partial charge < -0.3 is 34.2 Å². The van der Waals surface area contributed by atoms with E-state index in [2.05, 4.69) is 167 Å². The van der Waals surface area contributed by atoms with Crippen LogP contribution >= 0.6 is 15.6 Å². The molecule has 5 atom stereocenters. The molecule has 0 aliphatic heterocycles. The predicted octanol–water partition coefficient (Wildman–Crippen LogP) is 23.4. The van der Waals surface area contributed by atoms with Crippen LogP contribution in [0.5, 0.6) is 0 Å². The fourth-order valence-corrected chi connectivity index (χ4v) is 11.8. The first-order chi connectivity index (χ1) is 50.2. The molecule has 0 fully saturated rings. The van der Waals surface area contributed by atoms with Gasteiger partial charge >= 0.3 is 33.6 Å². The van der Waals surface area contributed by atoms with E-state index in [0.29, 0.717) is 25.7 Å². The highest BCUT2D eigenvalue weighted by Crippen LogP contribution is 2.45. The van der Waals surface area contributed by atoms with Gasteiger partial charge in [0, 0.05) is 19.3 Å². The van der Waals surface area contributed by atoms with Crippen LogP contribution in [0.1, 0.15) is 303 Å². The first-order valence-electron chi connectivity index (χ1n) is 39.8. The molecule has 0 aromatic rings. The Bertz CT molecular complexity index is 2500. The van der Waals surface area contributed by atoms with E-state index >= 15 is 0 Å². The molecule has 16 nitrogen and oxygen atoms in total. The quantitative estimate of drug-likeness (QED) is 0.0146. The van der Waals surface area contributed by atoms with E-state index < -0.39 is 91.5 Å². The third kappa shape index (κ3) is 78.1. The predicted molar refractivity (Wildman–Crippen MR) is 426 cm³/mol. The Morgan fingerprint density at radius 1 is 0.282 bits per heavy atom. The van der Waals surface area contributed by atoms with Gasteiger partial charge in [-0.15, -0.1) is 0 Å². The van der Waals surface area contributed by atoms with Gasteiger partial charge in [-0.3, -0.25) is 32.5 Å². The van der Waals surface area contributed by atoms with Gasteiger partial charge in [-0.05, 0) is 141 Å². The second kappa shape index (κ2) is 76.8. The number of esters is 3. The van der Waals surface area contributed by atoms with Gasteiger partial charge in [0.25, 0.3) is 0 Å². The summed E-state index contributed by atoms with van der Waals surface area (Å²) in [5, 5.41) is 20.6. The number of allylic oxidation sites excluding steroid dienone is 26. The summed E-state index contributed by atoms with van der Waals surface area (Å²) < 4.78 is 61.1. The normalized spacial score (nSPS) is 14.8. The first kappa shape index (κ1) is 98.2. The Kier molecular flexibility index (Phi) is 73.2. The molecule has 18 heteroatoms. The van der Waals surface area contributed by atoms with Crippen LogP contribution in [-0.2, 0) is 55.8 Å². The molecule has 5 unspecified atom stereocenters. The van der Waals surface area contributed by atoms with Crippen LogP contribution in [0.4, 0.5) is 0 Å². The average molecular weight is 1480 g/mol. The van der Waals surface area contributed by atoms with Crippen molar-refractivity contribution in [3.63, 3.8) is 0 Å². The van der Waals surface area contributed by atoms with Crippen molar-refractivity contribution in [3.8, 4) is 0 Å². The fraction of sp³-hybridized carbons (Fsp3) is 0.659. The minimum atomic E-state index is -4.95. The van der Waals surface area contributed by atoms with Crippen molar-refractivity contribution in [2.24, 2.45) is 0 Å². The summed E-state index contributed by atoms with van der Waals surface area (Å²) in [4.78, 5) is 58.6. The number of phosphoric ester groups is 2. The van der Waals surface area contributed by atoms with Crippen molar-refractivity contribution in [2.45, 2.75) is 322 Å². The van der Waals surface area contributed by atoms with E-state index in [4.69, 9.17) is 32.3 Å². The molecule has 0 radical (unpaired) electrons. The van der Waals surface area contributed by atoms with E-state index in [1.807, 2.05) is 12.2 Å². The molecule has 0 aromatic carbocycles. The Labute approximate surface area is 625 Å². The second-order valence-corrected chi connectivity index (χ2v) is 29.0. The van der Waals surface area contributed by atoms with Crippen LogP contribution in [0.3, 0.4) is 0 Å². The Balaban J connectivity index is 4.55. The van der Waals surface area contributed by atoms with Gasteiger partial charge in [-0.2, -0.15) is 0 Å². The number of aliphatic hydroxyl groups is 2. The van der Waals surface area contributed by atoms with Gasteiger partial charge in [-0.1, -0.05) is 301 Å². The Morgan fingerprint density at radius 3 is 0.845 bits per heavy atom. The number of phosphoric acid groups is 2. The SMILES string of the molecule is CC/C=C\C/C=C\C/C=C\C/C=C\C/C=C\CCCCCCCCCCCCCCCCCC(=O)OCC(O)COP(=O)(O)OCC(O)COP(=O)(O)OCC(COC(=O)CCCCCCCC/C=C\C/C=C\C/C=C\CCCCC)OC(=O)CCC/C=C\C/C=C\C/C=C\C/C=C\C/C=C\CC. The van der Waals surface area contributed by atoms with Crippen LogP contribution in [0.2, 0.25) is 0 Å². The molecule has 0 aliphatic rings. The van der Waals surface area contributed by atoms with Crippen LogP contribution in [-0.4, -0.2) is 95.9 Å². The lowest BCUT2D eigenvalue weighted by molar-refractivity contribution is -0.161. The van der Waals surface area contributed by atoms with Crippen molar-refractivity contribution in [1.82, 2.24) is 0 Å². The molecule has 0 heterocycles. The molecule has 0 aromatic heterocycles. The van der Waals surface area contributed by atoms with Crippen molar-refractivity contribution < 1.29 is 75.8 Å². The van der Waals surface area contributed by atoms with E-state index in [1.165, 1.54) is 96.3 Å². The molecule has 0 amide bonds. The summed E-state index contributed by atoms with van der Waals surface area (Å²) in [6.45, 7) is 2.34. The van der Waals surface area contributed by atoms with Crippen LogP contribution < -0.4 is 0 Å². The summed E-state index contributed by atoms with van der Waals surface area (Å²) in [5.74, 6) is -1.66. The molecule has 0 rings (SSSR count). The second-order valence-electron chi connectivity index (χ2n) is 26.1. The number of rotatable bonds is 74. The first-order valence-corrected chi connectivity index (χ1v) is 42.8. The van der Waals surface area contributed by atoms with E-state index in [1.54, 1.807) is 0 Å². The zero-order valence-electron chi connectivity index (χ0n) is 64.2. The topological polar surface area (TPSA) is 231 Å². The van der Waals surface area contributed by atoms with E-state index in [9.17, 15) is 43.5 Å². The summed E-state index contributed by atoms with van der Waals surface area (Å²) in [5.41, 5.74) is 0. The Hall–Kier alpha value is -4.83. The molecule has 0 bridgehead atoms. The number of hydrogen-bond donors (Lipinski definition) is 4. The molecular formula is C85H142O16P2. The zero-order valence-corrected chi connectivity index (χ0v) is 66.0. The maximum Gasteiger partial charge on any atom is 0.472 e. The number of hydrogen-bond acceptors (Lipinski definition) is 14. The molecule has 588 valence electrons. The number of carbonyl (C=O) groups is 3. The molecule has 0 spiro atoms. The van der Waals surface area contributed by atoms with Crippen LogP contribution in [0, 0.1) is 0 Å². The molecular weight excluding hydrogens is 1340 g/mol. The number of unbranched alkanes of at least 4 members (excludes halogenated alkanes) is 25. The molecule has 103 heavy (non-hydrogen) atoms. The highest BCUT2D eigenvalue weighted by Gasteiger charge is 2.29. The largest absolute Gasteiger partial charge is 0.472 e. The lowest BCUT2D eigenvalue weighted by Gasteiger charge is -2.21. The summed E-state index contributed by atoms with van der Waals surface area (Å²) in [6.07, 6.45) is 95.9. The van der Waals surface area contributed by atoms with Gasteiger partial charge in [0.1, 0.15) is 25.4 Å². The van der Waals surface area contributed by atoms with Gasteiger partial charge in [-0.25, -0.2) is 9.13 Å². The minimum Gasteiger partial charge on any atom is -0.463 e. The van der Waals surface area contributed by atoms with Gasteiger partial charge in [0.05, 0.1) is 26.4 Å². The number of aliphatic hydroxyl groups excluding tert-OH is 2.